The average molecular weight is 285 g/mol. The number of halogens is 1. The topological polar surface area (TPSA) is 49.4 Å². The molecule has 1 aliphatic heterocycles. The molecule has 1 fully saturated rings. The van der Waals surface area contributed by atoms with E-state index < -0.39 is 15.2 Å². The van der Waals surface area contributed by atoms with Crippen molar-refractivity contribution in [2.75, 3.05) is 24.6 Å². The summed E-state index contributed by atoms with van der Waals surface area (Å²) in [6.07, 6.45) is 0. The summed E-state index contributed by atoms with van der Waals surface area (Å²) in [5, 5.41) is 3.22. The first-order valence-corrected chi connectivity index (χ1v) is 7.96. The Morgan fingerprint density at radius 3 is 2.38 bits per heavy atom. The van der Waals surface area contributed by atoms with Crippen molar-refractivity contribution in [2.24, 2.45) is 0 Å². The van der Waals surface area contributed by atoms with Crippen LogP contribution >= 0.6 is 23.8 Å². The van der Waals surface area contributed by atoms with E-state index in [-0.39, 0.29) is 17.5 Å². The maximum absolute atomic E-state index is 11.4. The van der Waals surface area contributed by atoms with Crippen LogP contribution in [0.3, 0.4) is 0 Å². The number of nitrogens with one attached hydrogen (secondary N) is 1. The Morgan fingerprint density at radius 2 is 2.00 bits per heavy atom. The van der Waals surface area contributed by atoms with Crippen molar-refractivity contribution < 1.29 is 8.42 Å². The average Bonchev–Trinajstić information content (AvgIpc) is 2.41. The molecule has 0 bridgehead atoms. The molecule has 1 heterocycles. The third-order valence-electron chi connectivity index (χ3n) is 2.64. The first-order chi connectivity index (χ1) is 7.39. The number of nitrogens with zero attached hydrogens (tertiary/aromatic N) is 1. The molecular formula is C9H17ClN2O2S2. The Morgan fingerprint density at radius 1 is 1.44 bits per heavy atom. The second-order valence-corrected chi connectivity index (χ2v) is 6.92. The minimum absolute atomic E-state index is 0.0348. The molecule has 0 aliphatic carbocycles. The van der Waals surface area contributed by atoms with Crippen molar-refractivity contribution in [1.82, 2.24) is 10.2 Å². The fourth-order valence-corrected chi connectivity index (χ4v) is 4.66. The Hall–Kier alpha value is -0.0700. The highest BCUT2D eigenvalue weighted by Gasteiger charge is 2.37. The predicted molar refractivity (Wildman–Crippen MR) is 70.7 cm³/mol. The Bertz CT molecular complexity index is 355. The molecule has 7 heteroatoms. The molecule has 0 spiro atoms. The van der Waals surface area contributed by atoms with Crippen LogP contribution in [0.15, 0.2) is 0 Å². The summed E-state index contributed by atoms with van der Waals surface area (Å²) in [4.78, 5) is 1.96. The molecule has 0 amide bonds. The van der Waals surface area contributed by atoms with Gasteiger partial charge in [0.15, 0.2) is 14.9 Å². The molecule has 0 aromatic rings. The van der Waals surface area contributed by atoms with Crippen LogP contribution in [-0.4, -0.2) is 54.4 Å². The molecule has 0 aromatic heterocycles. The summed E-state index contributed by atoms with van der Waals surface area (Å²) < 4.78 is 22.7. The van der Waals surface area contributed by atoms with Crippen LogP contribution < -0.4 is 5.32 Å². The summed E-state index contributed by atoms with van der Waals surface area (Å²) in [5.41, 5.74) is 0. The summed E-state index contributed by atoms with van der Waals surface area (Å²) in [5.74, 6) is 0.107. The monoisotopic (exact) mass is 284 g/mol. The molecule has 4 nitrogen and oxygen atoms in total. The SMILES string of the molecule is CCN(CC)C(=S)NC1CS(=O)(=O)CC1Cl. The minimum Gasteiger partial charge on any atom is -0.357 e. The number of sulfone groups is 1. The van der Waals surface area contributed by atoms with Gasteiger partial charge in [0.25, 0.3) is 0 Å². The van der Waals surface area contributed by atoms with Gasteiger partial charge in [-0.2, -0.15) is 0 Å². The van der Waals surface area contributed by atoms with Gasteiger partial charge >= 0.3 is 0 Å². The van der Waals surface area contributed by atoms with Gasteiger partial charge in [0, 0.05) is 13.1 Å². The van der Waals surface area contributed by atoms with E-state index in [1.165, 1.54) is 0 Å². The zero-order valence-corrected chi connectivity index (χ0v) is 11.8. The lowest BCUT2D eigenvalue weighted by Crippen LogP contribution is -2.47. The van der Waals surface area contributed by atoms with E-state index in [0.717, 1.165) is 13.1 Å². The molecule has 16 heavy (non-hydrogen) atoms. The normalized spacial score (nSPS) is 27.7. The third-order valence-corrected chi connectivity index (χ3v) is 5.39. The molecule has 0 radical (unpaired) electrons. The van der Waals surface area contributed by atoms with Crippen molar-refractivity contribution in [2.45, 2.75) is 25.3 Å². The molecule has 1 rings (SSSR count). The van der Waals surface area contributed by atoms with Crippen molar-refractivity contribution >= 4 is 38.8 Å². The lowest BCUT2D eigenvalue weighted by atomic mass is 10.2. The Kier molecular flexibility index (Phi) is 4.82. The fraction of sp³-hybridized carbons (Fsp3) is 0.889. The van der Waals surface area contributed by atoms with Crippen LogP contribution in [-0.2, 0) is 9.84 Å². The fourth-order valence-electron chi connectivity index (χ4n) is 1.70. The number of hydrogen-bond acceptors (Lipinski definition) is 3. The Labute approximate surface area is 107 Å². The van der Waals surface area contributed by atoms with E-state index in [0.29, 0.717) is 5.11 Å². The van der Waals surface area contributed by atoms with Gasteiger partial charge in [0.1, 0.15) is 0 Å². The lowest BCUT2D eigenvalue weighted by Gasteiger charge is -2.25. The van der Waals surface area contributed by atoms with Gasteiger partial charge in [-0.25, -0.2) is 8.42 Å². The highest BCUT2D eigenvalue weighted by atomic mass is 35.5. The largest absolute Gasteiger partial charge is 0.357 e. The highest BCUT2D eigenvalue weighted by Crippen LogP contribution is 2.18. The maximum atomic E-state index is 11.4. The van der Waals surface area contributed by atoms with Crippen LogP contribution in [0.1, 0.15) is 13.8 Å². The van der Waals surface area contributed by atoms with Gasteiger partial charge < -0.3 is 10.2 Å². The van der Waals surface area contributed by atoms with Crippen molar-refractivity contribution in [3.63, 3.8) is 0 Å². The predicted octanol–water partition coefficient (Wildman–Crippen LogP) is 0.607. The van der Waals surface area contributed by atoms with Crippen molar-refractivity contribution in [3.8, 4) is 0 Å². The van der Waals surface area contributed by atoms with Crippen LogP contribution in [0.5, 0.6) is 0 Å². The number of hydrogen-bond donors (Lipinski definition) is 1. The van der Waals surface area contributed by atoms with Crippen LogP contribution in [0.4, 0.5) is 0 Å². The van der Waals surface area contributed by atoms with Crippen LogP contribution in [0.2, 0.25) is 0 Å². The van der Waals surface area contributed by atoms with Gasteiger partial charge in [-0.15, -0.1) is 11.6 Å². The van der Waals surface area contributed by atoms with E-state index >= 15 is 0 Å². The third kappa shape index (κ3) is 3.46. The van der Waals surface area contributed by atoms with E-state index in [9.17, 15) is 8.42 Å². The van der Waals surface area contributed by atoms with Crippen LogP contribution in [0, 0.1) is 0 Å². The van der Waals surface area contributed by atoms with Gasteiger partial charge in [0.05, 0.1) is 22.9 Å². The van der Waals surface area contributed by atoms with Gasteiger partial charge in [-0.3, -0.25) is 0 Å². The van der Waals surface area contributed by atoms with E-state index in [4.69, 9.17) is 23.8 Å². The maximum Gasteiger partial charge on any atom is 0.169 e. The molecule has 1 aliphatic rings. The number of rotatable bonds is 3. The summed E-state index contributed by atoms with van der Waals surface area (Å²) in [7, 11) is -3.00. The highest BCUT2D eigenvalue weighted by molar-refractivity contribution is 7.91. The summed E-state index contributed by atoms with van der Waals surface area (Å²) in [6, 6.07) is -0.264. The standard InChI is InChI=1S/C9H17ClN2O2S2/c1-3-12(4-2)9(15)11-8-6-16(13,14)5-7(8)10/h7-8H,3-6H2,1-2H3,(H,11,15). The molecule has 1 saturated heterocycles. The second kappa shape index (κ2) is 5.51. The molecule has 0 aromatic carbocycles. The lowest BCUT2D eigenvalue weighted by molar-refractivity contribution is 0.447. The molecule has 0 saturated carbocycles. The van der Waals surface area contributed by atoms with Crippen molar-refractivity contribution in [3.05, 3.63) is 0 Å². The summed E-state index contributed by atoms with van der Waals surface area (Å²) in [6.45, 7) is 5.60. The zero-order chi connectivity index (χ0) is 12.3. The Balaban J connectivity index is 2.59. The molecule has 1 N–H and O–H groups in total. The smallest absolute Gasteiger partial charge is 0.169 e. The van der Waals surface area contributed by atoms with Crippen molar-refractivity contribution in [1.29, 1.82) is 0 Å². The van der Waals surface area contributed by atoms with E-state index in [1.807, 2.05) is 18.7 Å². The van der Waals surface area contributed by atoms with Crippen LogP contribution in [0.25, 0.3) is 0 Å². The van der Waals surface area contributed by atoms with Gasteiger partial charge in [-0.1, -0.05) is 0 Å². The van der Waals surface area contributed by atoms with E-state index in [2.05, 4.69) is 5.32 Å². The molecule has 2 unspecified atom stereocenters. The molecular weight excluding hydrogens is 268 g/mol. The van der Waals surface area contributed by atoms with E-state index in [1.54, 1.807) is 0 Å². The minimum atomic E-state index is -3.00. The quantitative estimate of drug-likeness (QED) is 0.608. The second-order valence-electron chi connectivity index (χ2n) is 3.82. The first kappa shape index (κ1) is 14.0. The summed E-state index contributed by atoms with van der Waals surface area (Å²) >= 11 is 11.2. The molecule has 2 atom stereocenters. The number of alkyl halides is 1. The van der Waals surface area contributed by atoms with Gasteiger partial charge in [-0.05, 0) is 26.1 Å². The first-order valence-electron chi connectivity index (χ1n) is 5.29. The van der Waals surface area contributed by atoms with Gasteiger partial charge in [0.2, 0.25) is 0 Å². The zero-order valence-electron chi connectivity index (χ0n) is 9.44. The molecule has 94 valence electrons. The number of thiocarbonyl (C=S) groups is 1.